The molecule has 3 N–H and O–H groups in total. The van der Waals surface area contributed by atoms with Crippen molar-refractivity contribution in [3.05, 3.63) is 73.7 Å². The molecule has 1 saturated heterocycles. The third-order valence-electron chi connectivity index (χ3n) is 5.74. The maximum absolute atomic E-state index is 13.1. The van der Waals surface area contributed by atoms with Gasteiger partial charge < -0.3 is 15.0 Å². The average Bonchev–Trinajstić information content (AvgIpc) is 3.10. The first-order chi connectivity index (χ1) is 14.8. The van der Waals surface area contributed by atoms with Crippen LogP contribution in [0.1, 0.15) is 18.9 Å². The third kappa shape index (κ3) is 3.22. The SMILES string of the molecule is O=c1[nH]c2ccc(S(=O)(=O)N3CCC(n4c(=O)[nH]c5ccccc54)CC3)cc2[nH]c1=O. The normalized spacial score (nSPS) is 16.3. The Balaban J connectivity index is 1.42. The number of rotatable bonds is 3. The second-order valence-corrected chi connectivity index (χ2v) is 9.51. The molecule has 0 saturated carbocycles. The minimum atomic E-state index is -3.80. The number of nitrogens with one attached hydrogen (secondary N) is 3. The van der Waals surface area contributed by atoms with Gasteiger partial charge >= 0.3 is 16.8 Å². The van der Waals surface area contributed by atoms with Crippen LogP contribution in [0, 0.1) is 0 Å². The molecular weight excluding hydrogens is 422 g/mol. The Morgan fingerprint density at radius 1 is 0.806 bits per heavy atom. The highest BCUT2D eigenvalue weighted by Crippen LogP contribution is 2.28. The molecule has 0 bridgehead atoms. The van der Waals surface area contributed by atoms with Gasteiger partial charge in [-0.25, -0.2) is 13.2 Å². The quantitative estimate of drug-likeness (QED) is 0.405. The van der Waals surface area contributed by atoms with E-state index in [2.05, 4.69) is 15.0 Å². The number of imidazole rings is 1. The summed E-state index contributed by atoms with van der Waals surface area (Å²) in [5.74, 6) is 0. The van der Waals surface area contributed by atoms with Crippen LogP contribution < -0.4 is 16.8 Å². The zero-order chi connectivity index (χ0) is 21.8. The van der Waals surface area contributed by atoms with Gasteiger partial charge in [0.15, 0.2) is 0 Å². The van der Waals surface area contributed by atoms with E-state index in [1.54, 1.807) is 4.57 Å². The lowest BCUT2D eigenvalue weighted by Gasteiger charge is -2.31. The first kappa shape index (κ1) is 19.5. The molecule has 11 heteroatoms. The molecule has 1 aliphatic heterocycles. The molecule has 10 nitrogen and oxygen atoms in total. The van der Waals surface area contributed by atoms with Crippen LogP contribution in [0.4, 0.5) is 0 Å². The molecule has 5 rings (SSSR count). The van der Waals surface area contributed by atoms with Gasteiger partial charge in [0.05, 0.1) is 27.0 Å². The van der Waals surface area contributed by atoms with E-state index >= 15 is 0 Å². The topological polar surface area (TPSA) is 141 Å². The number of nitrogens with zero attached hydrogens (tertiary/aromatic N) is 2. The minimum Gasteiger partial charge on any atom is -0.316 e. The second-order valence-electron chi connectivity index (χ2n) is 7.57. The maximum Gasteiger partial charge on any atom is 0.326 e. The van der Waals surface area contributed by atoms with Crippen molar-refractivity contribution < 1.29 is 8.42 Å². The smallest absolute Gasteiger partial charge is 0.316 e. The number of fused-ring (bicyclic) bond motifs is 2. The van der Waals surface area contributed by atoms with Crippen LogP contribution >= 0.6 is 0 Å². The van der Waals surface area contributed by atoms with E-state index in [1.807, 2.05) is 24.3 Å². The highest BCUT2D eigenvalue weighted by atomic mass is 32.2. The molecule has 1 fully saturated rings. The highest BCUT2D eigenvalue weighted by molar-refractivity contribution is 7.89. The Hall–Kier alpha value is -3.44. The van der Waals surface area contributed by atoms with Gasteiger partial charge in [0.1, 0.15) is 0 Å². The summed E-state index contributed by atoms with van der Waals surface area (Å²) >= 11 is 0. The van der Waals surface area contributed by atoms with Crippen molar-refractivity contribution in [2.24, 2.45) is 0 Å². The second kappa shape index (κ2) is 7.06. The lowest BCUT2D eigenvalue weighted by atomic mass is 10.1. The number of para-hydroxylation sites is 2. The van der Waals surface area contributed by atoms with Crippen molar-refractivity contribution in [2.75, 3.05) is 13.1 Å². The molecule has 4 aromatic rings. The summed E-state index contributed by atoms with van der Waals surface area (Å²) in [6, 6.07) is 11.5. The molecule has 0 unspecified atom stereocenters. The predicted molar refractivity (Wildman–Crippen MR) is 115 cm³/mol. The summed E-state index contributed by atoms with van der Waals surface area (Å²) in [4.78, 5) is 43.1. The van der Waals surface area contributed by atoms with Gasteiger partial charge in [0.2, 0.25) is 10.0 Å². The van der Waals surface area contributed by atoms with Gasteiger partial charge in [-0.2, -0.15) is 4.31 Å². The van der Waals surface area contributed by atoms with E-state index in [-0.39, 0.29) is 35.2 Å². The van der Waals surface area contributed by atoms with Gasteiger partial charge in [-0.3, -0.25) is 14.2 Å². The third-order valence-corrected chi connectivity index (χ3v) is 7.64. The summed E-state index contributed by atoms with van der Waals surface area (Å²) in [6.45, 7) is 0.526. The number of H-pyrrole nitrogens is 3. The van der Waals surface area contributed by atoms with E-state index in [9.17, 15) is 22.8 Å². The molecule has 0 spiro atoms. The van der Waals surface area contributed by atoms with Crippen LogP contribution in [0.5, 0.6) is 0 Å². The van der Waals surface area contributed by atoms with Crippen LogP contribution in [0.3, 0.4) is 0 Å². The van der Waals surface area contributed by atoms with Gasteiger partial charge in [-0.05, 0) is 43.2 Å². The standard InChI is InChI=1S/C20H19N5O5S/c26-18-19(27)22-16-11-13(5-6-14(16)21-18)31(29,30)24-9-7-12(8-10-24)25-17-4-2-1-3-15(17)23-20(25)28/h1-6,11-12H,7-10H2,(H,21,26)(H,22,27)(H,23,28). The summed E-state index contributed by atoms with van der Waals surface area (Å²) in [7, 11) is -3.80. The summed E-state index contributed by atoms with van der Waals surface area (Å²) in [6.07, 6.45) is 0.997. The van der Waals surface area contributed by atoms with Crippen molar-refractivity contribution in [2.45, 2.75) is 23.8 Å². The van der Waals surface area contributed by atoms with Crippen molar-refractivity contribution in [3.8, 4) is 0 Å². The number of sulfonamides is 1. The van der Waals surface area contributed by atoms with Crippen molar-refractivity contribution in [1.82, 2.24) is 23.8 Å². The average molecular weight is 441 g/mol. The van der Waals surface area contributed by atoms with Crippen LogP contribution in [-0.2, 0) is 10.0 Å². The number of piperidine rings is 1. The molecule has 0 radical (unpaired) electrons. The van der Waals surface area contributed by atoms with Gasteiger partial charge in [0.25, 0.3) is 0 Å². The van der Waals surface area contributed by atoms with Gasteiger partial charge in [-0.15, -0.1) is 0 Å². The molecule has 2 aromatic carbocycles. The van der Waals surface area contributed by atoms with E-state index in [0.717, 1.165) is 11.0 Å². The molecule has 31 heavy (non-hydrogen) atoms. The zero-order valence-corrected chi connectivity index (χ0v) is 17.1. The highest BCUT2D eigenvalue weighted by Gasteiger charge is 2.31. The Morgan fingerprint density at radius 3 is 2.23 bits per heavy atom. The largest absolute Gasteiger partial charge is 0.326 e. The first-order valence-electron chi connectivity index (χ1n) is 9.80. The fourth-order valence-corrected chi connectivity index (χ4v) is 5.68. The van der Waals surface area contributed by atoms with Crippen LogP contribution in [0.25, 0.3) is 22.1 Å². The monoisotopic (exact) mass is 441 g/mol. The van der Waals surface area contributed by atoms with E-state index in [0.29, 0.717) is 18.4 Å². The lowest BCUT2D eigenvalue weighted by molar-refractivity contribution is 0.274. The molecular formula is C20H19N5O5S. The van der Waals surface area contributed by atoms with E-state index in [1.165, 1.54) is 22.5 Å². The maximum atomic E-state index is 13.1. The van der Waals surface area contributed by atoms with Crippen LogP contribution in [-0.4, -0.2) is 45.3 Å². The minimum absolute atomic E-state index is 0.0328. The predicted octanol–water partition coefficient (Wildman–Crippen LogP) is 0.885. The number of benzene rings is 2. The summed E-state index contributed by atoms with van der Waals surface area (Å²) in [5.41, 5.74) is 0.318. The summed E-state index contributed by atoms with van der Waals surface area (Å²) < 4.78 is 29.4. The number of hydrogen-bond donors (Lipinski definition) is 3. The molecule has 0 atom stereocenters. The zero-order valence-electron chi connectivity index (χ0n) is 16.3. The summed E-state index contributed by atoms with van der Waals surface area (Å²) in [5, 5.41) is 0. The first-order valence-corrected chi connectivity index (χ1v) is 11.2. The molecule has 0 amide bonds. The van der Waals surface area contributed by atoms with E-state index in [4.69, 9.17) is 0 Å². The van der Waals surface area contributed by atoms with Crippen LogP contribution in [0.15, 0.2) is 61.7 Å². The number of aromatic nitrogens is 4. The Morgan fingerprint density at radius 2 is 1.48 bits per heavy atom. The fourth-order valence-electron chi connectivity index (χ4n) is 4.18. The van der Waals surface area contributed by atoms with Crippen molar-refractivity contribution in [3.63, 3.8) is 0 Å². The van der Waals surface area contributed by atoms with Crippen molar-refractivity contribution in [1.29, 1.82) is 0 Å². The molecule has 3 heterocycles. The lowest BCUT2D eigenvalue weighted by Crippen LogP contribution is -2.40. The molecule has 0 aliphatic carbocycles. The van der Waals surface area contributed by atoms with E-state index < -0.39 is 21.1 Å². The number of hydrogen-bond acceptors (Lipinski definition) is 5. The van der Waals surface area contributed by atoms with Gasteiger partial charge in [-0.1, -0.05) is 12.1 Å². The molecule has 1 aliphatic rings. The van der Waals surface area contributed by atoms with Crippen molar-refractivity contribution >= 4 is 32.1 Å². The Kier molecular flexibility index (Phi) is 4.45. The van der Waals surface area contributed by atoms with Crippen LogP contribution in [0.2, 0.25) is 0 Å². The Labute approximate surface area is 175 Å². The number of aromatic amines is 3. The fraction of sp³-hybridized carbons (Fsp3) is 0.250. The van der Waals surface area contributed by atoms with Gasteiger partial charge in [0, 0.05) is 19.1 Å². The molecule has 160 valence electrons. The Bertz CT molecular complexity index is 1590. The molecule has 2 aromatic heterocycles.